The molecule has 0 aromatic rings. The SMILES string of the molecule is C#CC12CC3CC(C1)CC(NC(=O)OC(C)(C)C)(C3)C2. The van der Waals surface area contributed by atoms with Gasteiger partial charge in [-0.2, -0.15) is 0 Å². The number of carbonyl (C=O) groups excluding carboxylic acids is 1. The van der Waals surface area contributed by atoms with Crippen LogP contribution in [0.15, 0.2) is 0 Å². The lowest BCUT2D eigenvalue weighted by Crippen LogP contribution is -2.63. The average Bonchev–Trinajstić information content (AvgIpc) is 2.23. The van der Waals surface area contributed by atoms with Crippen LogP contribution >= 0.6 is 0 Å². The van der Waals surface area contributed by atoms with E-state index in [9.17, 15) is 4.79 Å². The first-order valence-electron chi connectivity index (χ1n) is 7.72. The van der Waals surface area contributed by atoms with Gasteiger partial charge in [-0.3, -0.25) is 0 Å². The van der Waals surface area contributed by atoms with Gasteiger partial charge in [0.25, 0.3) is 0 Å². The van der Waals surface area contributed by atoms with Crippen molar-refractivity contribution in [3.8, 4) is 12.3 Å². The molecule has 4 aliphatic rings. The fraction of sp³-hybridized carbons (Fsp3) is 0.824. The van der Waals surface area contributed by atoms with E-state index in [1.54, 1.807) is 0 Å². The molecule has 4 saturated carbocycles. The van der Waals surface area contributed by atoms with Gasteiger partial charge in [0.05, 0.1) is 0 Å². The van der Waals surface area contributed by atoms with Gasteiger partial charge >= 0.3 is 6.09 Å². The zero-order chi connectivity index (χ0) is 14.6. The van der Waals surface area contributed by atoms with Crippen LogP contribution in [0.2, 0.25) is 0 Å². The maximum Gasteiger partial charge on any atom is 0.408 e. The van der Waals surface area contributed by atoms with E-state index in [0.29, 0.717) is 11.8 Å². The first kappa shape index (κ1) is 13.8. The molecule has 1 N–H and O–H groups in total. The molecule has 4 fully saturated rings. The van der Waals surface area contributed by atoms with Crippen molar-refractivity contribution in [1.82, 2.24) is 5.32 Å². The lowest BCUT2D eigenvalue weighted by molar-refractivity contribution is -0.0546. The molecule has 2 atom stereocenters. The van der Waals surface area contributed by atoms with Crippen LogP contribution in [0, 0.1) is 29.6 Å². The zero-order valence-corrected chi connectivity index (χ0v) is 12.8. The van der Waals surface area contributed by atoms with Crippen molar-refractivity contribution >= 4 is 6.09 Å². The van der Waals surface area contributed by atoms with Crippen molar-refractivity contribution in [3.05, 3.63) is 0 Å². The second kappa shape index (κ2) is 4.16. The summed E-state index contributed by atoms with van der Waals surface area (Å²) in [4.78, 5) is 12.2. The minimum atomic E-state index is -0.448. The summed E-state index contributed by atoms with van der Waals surface area (Å²) in [6.07, 6.45) is 12.2. The third-order valence-electron chi connectivity index (χ3n) is 5.13. The Kier molecular flexibility index (Phi) is 2.87. The third-order valence-corrected chi connectivity index (χ3v) is 5.13. The normalized spacial score (nSPS) is 42.1. The Hall–Kier alpha value is -1.17. The molecule has 0 saturated heterocycles. The highest BCUT2D eigenvalue weighted by Gasteiger charge is 2.57. The summed E-state index contributed by atoms with van der Waals surface area (Å²) < 4.78 is 5.44. The average molecular weight is 275 g/mol. The minimum Gasteiger partial charge on any atom is -0.444 e. The summed E-state index contributed by atoms with van der Waals surface area (Å²) >= 11 is 0. The topological polar surface area (TPSA) is 38.3 Å². The number of amides is 1. The molecule has 0 spiro atoms. The zero-order valence-electron chi connectivity index (χ0n) is 12.8. The number of ether oxygens (including phenoxy) is 1. The lowest BCUT2D eigenvalue weighted by atomic mass is 9.47. The van der Waals surface area contributed by atoms with Crippen molar-refractivity contribution in [3.63, 3.8) is 0 Å². The molecule has 20 heavy (non-hydrogen) atoms. The van der Waals surface area contributed by atoms with Crippen LogP contribution in [0.5, 0.6) is 0 Å². The Morgan fingerprint density at radius 1 is 1.25 bits per heavy atom. The standard InChI is InChI=1S/C17H25NO2/c1-5-16-7-12-6-13(8-16)10-17(9-12,11-16)18-14(19)20-15(2,3)4/h1,12-13H,6-11H2,2-4H3,(H,18,19). The largest absolute Gasteiger partial charge is 0.444 e. The van der Waals surface area contributed by atoms with Crippen molar-refractivity contribution in [2.45, 2.75) is 70.4 Å². The summed E-state index contributed by atoms with van der Waals surface area (Å²) in [6.45, 7) is 5.69. The highest BCUT2D eigenvalue weighted by Crippen LogP contribution is 2.61. The molecular weight excluding hydrogens is 250 g/mol. The highest BCUT2D eigenvalue weighted by molar-refractivity contribution is 5.69. The number of nitrogens with one attached hydrogen (secondary N) is 1. The van der Waals surface area contributed by atoms with Gasteiger partial charge < -0.3 is 10.1 Å². The molecule has 110 valence electrons. The number of rotatable bonds is 1. The van der Waals surface area contributed by atoms with Crippen LogP contribution in [0.4, 0.5) is 4.79 Å². The summed E-state index contributed by atoms with van der Waals surface area (Å²) in [6, 6.07) is 0. The smallest absolute Gasteiger partial charge is 0.408 e. The van der Waals surface area contributed by atoms with Gasteiger partial charge in [0.15, 0.2) is 0 Å². The molecule has 4 rings (SSSR count). The summed E-state index contributed by atoms with van der Waals surface area (Å²) in [5.74, 6) is 4.43. The van der Waals surface area contributed by atoms with Gasteiger partial charge in [-0.1, -0.05) is 5.92 Å². The maximum atomic E-state index is 12.2. The van der Waals surface area contributed by atoms with E-state index in [2.05, 4.69) is 11.2 Å². The molecule has 3 nitrogen and oxygen atoms in total. The number of hydrogen-bond acceptors (Lipinski definition) is 2. The fourth-order valence-corrected chi connectivity index (χ4v) is 5.10. The van der Waals surface area contributed by atoms with E-state index in [-0.39, 0.29) is 17.0 Å². The van der Waals surface area contributed by atoms with E-state index < -0.39 is 5.60 Å². The van der Waals surface area contributed by atoms with E-state index in [1.807, 2.05) is 20.8 Å². The molecule has 4 aliphatic carbocycles. The first-order chi connectivity index (χ1) is 9.23. The monoisotopic (exact) mass is 275 g/mol. The molecule has 3 heteroatoms. The molecule has 1 amide bonds. The summed E-state index contributed by atoms with van der Waals surface area (Å²) in [7, 11) is 0. The van der Waals surface area contributed by atoms with E-state index in [4.69, 9.17) is 11.2 Å². The van der Waals surface area contributed by atoms with Crippen LogP contribution < -0.4 is 5.32 Å². The molecular formula is C17H25NO2. The fourth-order valence-electron chi connectivity index (χ4n) is 5.10. The van der Waals surface area contributed by atoms with Crippen LogP contribution in [-0.2, 0) is 4.74 Å². The summed E-state index contributed by atoms with van der Waals surface area (Å²) in [5, 5.41) is 3.18. The molecule has 4 bridgehead atoms. The summed E-state index contributed by atoms with van der Waals surface area (Å²) in [5.41, 5.74) is -0.534. The number of carbonyl (C=O) groups is 1. The van der Waals surface area contributed by atoms with Crippen LogP contribution in [0.25, 0.3) is 0 Å². The van der Waals surface area contributed by atoms with Gasteiger partial charge in [-0.05, 0) is 71.1 Å². The Labute approximate surface area is 121 Å². The van der Waals surface area contributed by atoms with Gasteiger partial charge in [0, 0.05) is 11.0 Å². The van der Waals surface area contributed by atoms with E-state index in [0.717, 1.165) is 32.1 Å². The maximum absolute atomic E-state index is 12.2. The highest BCUT2D eigenvalue weighted by atomic mass is 16.6. The van der Waals surface area contributed by atoms with Gasteiger partial charge in [-0.25, -0.2) is 4.79 Å². The number of hydrogen-bond donors (Lipinski definition) is 1. The van der Waals surface area contributed by atoms with Crippen molar-refractivity contribution < 1.29 is 9.53 Å². The third kappa shape index (κ3) is 2.41. The van der Waals surface area contributed by atoms with Gasteiger partial charge in [0.2, 0.25) is 0 Å². The van der Waals surface area contributed by atoms with E-state index in [1.165, 1.54) is 6.42 Å². The van der Waals surface area contributed by atoms with Crippen LogP contribution in [-0.4, -0.2) is 17.2 Å². The molecule has 0 heterocycles. The van der Waals surface area contributed by atoms with Crippen molar-refractivity contribution in [1.29, 1.82) is 0 Å². The molecule has 2 unspecified atom stereocenters. The Morgan fingerprint density at radius 2 is 1.85 bits per heavy atom. The number of alkyl carbamates (subject to hydrolysis) is 1. The molecule has 0 aromatic heterocycles. The van der Waals surface area contributed by atoms with Crippen molar-refractivity contribution in [2.24, 2.45) is 17.3 Å². The second-order valence-electron chi connectivity index (χ2n) is 8.29. The molecule has 0 aromatic carbocycles. The van der Waals surface area contributed by atoms with Gasteiger partial charge in [-0.15, -0.1) is 6.42 Å². The quantitative estimate of drug-likeness (QED) is 0.744. The Morgan fingerprint density at radius 3 is 2.35 bits per heavy atom. The predicted molar refractivity (Wildman–Crippen MR) is 78.0 cm³/mol. The van der Waals surface area contributed by atoms with Gasteiger partial charge in [0.1, 0.15) is 5.60 Å². The lowest BCUT2D eigenvalue weighted by Gasteiger charge is -2.60. The molecule has 0 aliphatic heterocycles. The Bertz CT molecular complexity index is 454. The van der Waals surface area contributed by atoms with E-state index >= 15 is 0 Å². The van der Waals surface area contributed by atoms with Crippen LogP contribution in [0.1, 0.15) is 59.3 Å². The second-order valence-corrected chi connectivity index (χ2v) is 8.29. The Balaban J connectivity index is 1.76. The predicted octanol–water partition coefficient (Wildman–Crippen LogP) is 3.48. The number of terminal acetylenes is 1. The molecule has 0 radical (unpaired) electrons. The van der Waals surface area contributed by atoms with Crippen LogP contribution in [0.3, 0.4) is 0 Å². The minimum absolute atomic E-state index is 0.0269. The van der Waals surface area contributed by atoms with Crippen molar-refractivity contribution in [2.75, 3.05) is 0 Å². The first-order valence-corrected chi connectivity index (χ1v) is 7.72.